The fourth-order valence-electron chi connectivity index (χ4n) is 2.35. The van der Waals surface area contributed by atoms with Crippen molar-refractivity contribution in [2.24, 2.45) is 4.99 Å². The summed E-state index contributed by atoms with van der Waals surface area (Å²) in [5, 5.41) is 0. The van der Waals surface area contributed by atoms with E-state index in [1.54, 1.807) is 0 Å². The molecule has 0 unspecified atom stereocenters. The van der Waals surface area contributed by atoms with E-state index >= 15 is 0 Å². The Bertz CT molecular complexity index is 594. The second-order valence-electron chi connectivity index (χ2n) is 5.43. The van der Waals surface area contributed by atoms with Gasteiger partial charge in [-0.25, -0.2) is 0 Å². The lowest BCUT2D eigenvalue weighted by molar-refractivity contribution is 0.866. The number of hydrogen-bond donors (Lipinski definition) is 0. The van der Waals surface area contributed by atoms with Crippen molar-refractivity contribution in [2.45, 2.75) is 13.8 Å². The zero-order chi connectivity index (χ0) is 15.9. The lowest BCUT2D eigenvalue weighted by Gasteiger charge is -2.20. The molecule has 0 heterocycles. The summed E-state index contributed by atoms with van der Waals surface area (Å²) in [6, 6.07) is 16.8. The summed E-state index contributed by atoms with van der Waals surface area (Å²) in [5.41, 5.74) is 4.53. The number of nitrogens with zero attached hydrogens (tertiary/aromatic N) is 3. The Morgan fingerprint density at radius 2 is 1.36 bits per heavy atom. The second kappa shape index (κ2) is 7.64. The minimum absolute atomic E-state index is 0.971. The molecular weight excluding hydrogens is 270 g/mol. The first kappa shape index (κ1) is 16.1. The molecule has 2 aromatic rings. The van der Waals surface area contributed by atoms with Crippen molar-refractivity contribution in [1.82, 2.24) is 0 Å². The van der Waals surface area contributed by atoms with Gasteiger partial charge in [-0.2, -0.15) is 0 Å². The molecule has 2 aromatic carbocycles. The molecule has 0 aliphatic rings. The van der Waals surface area contributed by atoms with E-state index in [0.717, 1.165) is 24.3 Å². The SMILES string of the molecule is CCN(CC)c1ccc(C=Nc2ccc(N(C)C)cc2)cc1. The molecule has 0 aliphatic carbocycles. The van der Waals surface area contributed by atoms with Crippen molar-refractivity contribution in [3.8, 4) is 0 Å². The number of hydrogen-bond acceptors (Lipinski definition) is 3. The molecule has 3 heteroatoms. The van der Waals surface area contributed by atoms with E-state index in [9.17, 15) is 0 Å². The van der Waals surface area contributed by atoms with Crippen molar-refractivity contribution >= 4 is 23.3 Å². The van der Waals surface area contributed by atoms with Crippen LogP contribution in [0.1, 0.15) is 19.4 Å². The van der Waals surface area contributed by atoms with E-state index in [1.807, 2.05) is 32.4 Å². The van der Waals surface area contributed by atoms with Crippen LogP contribution in [0.15, 0.2) is 53.5 Å². The number of benzene rings is 2. The van der Waals surface area contributed by atoms with Gasteiger partial charge in [0.25, 0.3) is 0 Å². The van der Waals surface area contributed by atoms with Crippen LogP contribution in [0.3, 0.4) is 0 Å². The number of anilines is 2. The lowest BCUT2D eigenvalue weighted by Crippen LogP contribution is -2.21. The Hall–Kier alpha value is -2.29. The maximum atomic E-state index is 4.53. The predicted octanol–water partition coefficient (Wildman–Crippen LogP) is 4.35. The first-order chi connectivity index (χ1) is 10.6. The Kier molecular flexibility index (Phi) is 5.59. The fraction of sp³-hybridized carbons (Fsp3) is 0.316. The smallest absolute Gasteiger partial charge is 0.0631 e. The second-order valence-corrected chi connectivity index (χ2v) is 5.43. The van der Waals surface area contributed by atoms with Crippen molar-refractivity contribution in [2.75, 3.05) is 37.0 Å². The molecule has 116 valence electrons. The average molecular weight is 295 g/mol. The zero-order valence-corrected chi connectivity index (χ0v) is 14.0. The first-order valence-electron chi connectivity index (χ1n) is 7.80. The van der Waals surface area contributed by atoms with Crippen LogP contribution in [0.2, 0.25) is 0 Å². The summed E-state index contributed by atoms with van der Waals surface area (Å²) in [6.07, 6.45) is 1.91. The molecule has 0 radical (unpaired) electrons. The molecule has 0 aromatic heterocycles. The van der Waals surface area contributed by atoms with Crippen LogP contribution in [0, 0.1) is 0 Å². The van der Waals surface area contributed by atoms with Crippen LogP contribution in [-0.4, -0.2) is 33.4 Å². The summed E-state index contributed by atoms with van der Waals surface area (Å²) in [4.78, 5) is 8.95. The van der Waals surface area contributed by atoms with E-state index < -0.39 is 0 Å². The maximum absolute atomic E-state index is 4.53. The average Bonchev–Trinajstić information content (AvgIpc) is 2.55. The normalized spacial score (nSPS) is 10.9. The molecule has 0 amide bonds. The molecule has 22 heavy (non-hydrogen) atoms. The summed E-state index contributed by atoms with van der Waals surface area (Å²) in [6.45, 7) is 6.41. The first-order valence-corrected chi connectivity index (χ1v) is 7.80. The lowest BCUT2D eigenvalue weighted by atomic mass is 10.2. The highest BCUT2D eigenvalue weighted by atomic mass is 15.1. The summed E-state index contributed by atoms with van der Waals surface area (Å²) < 4.78 is 0. The van der Waals surface area contributed by atoms with E-state index in [1.165, 1.54) is 11.4 Å². The minimum atomic E-state index is 0.971. The van der Waals surface area contributed by atoms with Gasteiger partial charge in [-0.1, -0.05) is 12.1 Å². The van der Waals surface area contributed by atoms with Gasteiger partial charge in [0.2, 0.25) is 0 Å². The quantitative estimate of drug-likeness (QED) is 0.738. The molecule has 0 spiro atoms. The van der Waals surface area contributed by atoms with Crippen LogP contribution in [0.5, 0.6) is 0 Å². The molecule has 0 fully saturated rings. The highest BCUT2D eigenvalue weighted by Crippen LogP contribution is 2.18. The summed E-state index contributed by atoms with van der Waals surface area (Å²) in [5.74, 6) is 0. The van der Waals surface area contributed by atoms with Gasteiger partial charge in [-0.15, -0.1) is 0 Å². The van der Waals surface area contributed by atoms with Gasteiger partial charge >= 0.3 is 0 Å². The largest absolute Gasteiger partial charge is 0.378 e. The van der Waals surface area contributed by atoms with E-state index in [2.05, 4.69) is 65.0 Å². The molecule has 0 N–H and O–H groups in total. The summed E-state index contributed by atoms with van der Waals surface area (Å²) >= 11 is 0. The van der Waals surface area contributed by atoms with Crippen molar-refractivity contribution in [3.63, 3.8) is 0 Å². The Morgan fingerprint density at radius 1 is 0.818 bits per heavy atom. The van der Waals surface area contributed by atoms with E-state index in [4.69, 9.17) is 0 Å². The molecular formula is C19H25N3. The molecule has 3 nitrogen and oxygen atoms in total. The fourth-order valence-corrected chi connectivity index (χ4v) is 2.35. The van der Waals surface area contributed by atoms with Crippen LogP contribution < -0.4 is 9.80 Å². The Balaban J connectivity index is 2.06. The Labute approximate surface area is 133 Å². The van der Waals surface area contributed by atoms with Gasteiger partial charge in [0.1, 0.15) is 0 Å². The van der Waals surface area contributed by atoms with Gasteiger partial charge in [0.05, 0.1) is 5.69 Å². The van der Waals surface area contributed by atoms with Crippen molar-refractivity contribution < 1.29 is 0 Å². The minimum Gasteiger partial charge on any atom is -0.378 e. The number of aliphatic imine (C=N–C) groups is 1. The molecule has 0 bridgehead atoms. The molecule has 0 aliphatic heterocycles. The van der Waals surface area contributed by atoms with Gasteiger partial charge in [-0.3, -0.25) is 4.99 Å². The summed E-state index contributed by atoms with van der Waals surface area (Å²) in [7, 11) is 4.07. The third-order valence-corrected chi connectivity index (χ3v) is 3.75. The molecule has 0 saturated carbocycles. The molecule has 0 atom stereocenters. The van der Waals surface area contributed by atoms with Gasteiger partial charge < -0.3 is 9.80 Å². The molecule has 2 rings (SSSR count). The monoisotopic (exact) mass is 295 g/mol. The highest BCUT2D eigenvalue weighted by Gasteiger charge is 2.00. The van der Waals surface area contributed by atoms with Crippen molar-refractivity contribution in [3.05, 3.63) is 54.1 Å². The van der Waals surface area contributed by atoms with Crippen molar-refractivity contribution in [1.29, 1.82) is 0 Å². The van der Waals surface area contributed by atoms with Gasteiger partial charge in [-0.05, 0) is 55.8 Å². The Morgan fingerprint density at radius 3 is 1.86 bits per heavy atom. The van der Waals surface area contributed by atoms with Crippen LogP contribution >= 0.6 is 0 Å². The highest BCUT2D eigenvalue weighted by molar-refractivity contribution is 5.82. The van der Waals surface area contributed by atoms with Crippen LogP contribution in [0.4, 0.5) is 17.1 Å². The van der Waals surface area contributed by atoms with Crippen LogP contribution in [0.25, 0.3) is 0 Å². The third kappa shape index (κ3) is 4.10. The topological polar surface area (TPSA) is 18.8 Å². The van der Waals surface area contributed by atoms with Gasteiger partial charge in [0, 0.05) is 44.8 Å². The van der Waals surface area contributed by atoms with Gasteiger partial charge in [0.15, 0.2) is 0 Å². The van der Waals surface area contributed by atoms with E-state index in [0.29, 0.717) is 0 Å². The number of rotatable bonds is 6. The maximum Gasteiger partial charge on any atom is 0.0631 e. The van der Waals surface area contributed by atoms with E-state index in [-0.39, 0.29) is 0 Å². The zero-order valence-electron chi connectivity index (χ0n) is 14.0. The third-order valence-electron chi connectivity index (χ3n) is 3.75. The van der Waals surface area contributed by atoms with Crippen LogP contribution in [-0.2, 0) is 0 Å². The predicted molar refractivity (Wildman–Crippen MR) is 98.0 cm³/mol. The standard InChI is InChI=1S/C19H25N3/c1-5-22(6-2)19-11-7-16(8-12-19)15-20-17-9-13-18(14-10-17)21(3)4/h7-15H,5-6H2,1-4H3. The molecule has 0 saturated heterocycles.